The number of nitro benzene ring substituents is 1. The van der Waals surface area contributed by atoms with E-state index in [1.54, 1.807) is 0 Å². The Balaban J connectivity index is 2.33. The highest BCUT2D eigenvalue weighted by atomic mass is 79.9. The number of nitro groups is 1. The number of non-ortho nitro benzene ring substituents is 1. The molecule has 2 aromatic rings. The van der Waals surface area contributed by atoms with Gasteiger partial charge in [-0.2, -0.15) is 5.26 Å². The number of halogens is 1. The van der Waals surface area contributed by atoms with Gasteiger partial charge in [0, 0.05) is 30.1 Å². The number of aromatic nitrogens is 2. The molecular formula is C12H7BrN4O3. The van der Waals surface area contributed by atoms with E-state index >= 15 is 0 Å². The standard InChI is InChI=1S/C12H7BrN4O3/c13-9-6-15-12(16-7-9)20-11-2-1-10(17(18)19)5-8(11)3-4-14/h1-2,5-7H,3H2. The van der Waals surface area contributed by atoms with Gasteiger partial charge in [-0.3, -0.25) is 10.1 Å². The number of hydrogen-bond donors (Lipinski definition) is 0. The van der Waals surface area contributed by atoms with Crippen molar-refractivity contribution in [3.8, 4) is 17.8 Å². The molecular weight excluding hydrogens is 328 g/mol. The minimum Gasteiger partial charge on any atom is -0.424 e. The summed E-state index contributed by atoms with van der Waals surface area (Å²) in [4.78, 5) is 18.1. The van der Waals surface area contributed by atoms with Crippen molar-refractivity contribution in [2.24, 2.45) is 0 Å². The summed E-state index contributed by atoms with van der Waals surface area (Å²) in [6.07, 6.45) is 3.02. The van der Waals surface area contributed by atoms with Gasteiger partial charge in [0.1, 0.15) is 5.75 Å². The molecule has 0 saturated carbocycles. The molecule has 0 unspecified atom stereocenters. The van der Waals surface area contributed by atoms with Crippen molar-refractivity contribution in [1.29, 1.82) is 5.26 Å². The Morgan fingerprint density at radius 3 is 2.70 bits per heavy atom. The lowest BCUT2D eigenvalue weighted by Gasteiger charge is -2.07. The van der Waals surface area contributed by atoms with Crippen molar-refractivity contribution in [3.63, 3.8) is 0 Å². The van der Waals surface area contributed by atoms with Gasteiger partial charge in [0.2, 0.25) is 0 Å². The molecule has 0 fully saturated rings. The van der Waals surface area contributed by atoms with Gasteiger partial charge in [-0.25, -0.2) is 9.97 Å². The average molecular weight is 335 g/mol. The van der Waals surface area contributed by atoms with Gasteiger partial charge >= 0.3 is 6.01 Å². The highest BCUT2D eigenvalue weighted by Gasteiger charge is 2.13. The van der Waals surface area contributed by atoms with Gasteiger partial charge in [0.25, 0.3) is 5.69 Å². The van der Waals surface area contributed by atoms with E-state index in [9.17, 15) is 10.1 Å². The molecule has 0 saturated heterocycles. The van der Waals surface area contributed by atoms with Gasteiger partial charge in [0.05, 0.1) is 21.9 Å². The van der Waals surface area contributed by atoms with E-state index < -0.39 is 4.92 Å². The molecule has 1 aromatic carbocycles. The van der Waals surface area contributed by atoms with Crippen LogP contribution < -0.4 is 4.74 Å². The van der Waals surface area contributed by atoms with Crippen molar-refractivity contribution in [2.75, 3.05) is 0 Å². The first-order valence-electron chi connectivity index (χ1n) is 5.40. The molecule has 100 valence electrons. The van der Waals surface area contributed by atoms with E-state index in [-0.39, 0.29) is 18.1 Å². The number of ether oxygens (including phenoxy) is 1. The van der Waals surface area contributed by atoms with Crippen molar-refractivity contribution in [1.82, 2.24) is 9.97 Å². The summed E-state index contributed by atoms with van der Waals surface area (Å²) in [7, 11) is 0. The van der Waals surface area contributed by atoms with Gasteiger partial charge in [0.15, 0.2) is 0 Å². The third kappa shape index (κ3) is 3.27. The molecule has 0 aliphatic carbocycles. The highest BCUT2D eigenvalue weighted by Crippen LogP contribution is 2.27. The van der Waals surface area contributed by atoms with Gasteiger partial charge in [-0.1, -0.05) is 0 Å². The maximum Gasteiger partial charge on any atom is 0.321 e. The molecule has 0 aliphatic rings. The van der Waals surface area contributed by atoms with Crippen molar-refractivity contribution in [3.05, 3.63) is 50.7 Å². The molecule has 0 spiro atoms. The molecule has 0 radical (unpaired) electrons. The van der Waals surface area contributed by atoms with Crippen LogP contribution in [0.15, 0.2) is 35.1 Å². The highest BCUT2D eigenvalue weighted by molar-refractivity contribution is 9.10. The average Bonchev–Trinajstić information content (AvgIpc) is 2.43. The Kier molecular flexibility index (Phi) is 4.22. The smallest absolute Gasteiger partial charge is 0.321 e. The van der Waals surface area contributed by atoms with Crippen LogP contribution in [0, 0.1) is 21.4 Å². The lowest BCUT2D eigenvalue weighted by molar-refractivity contribution is -0.384. The zero-order chi connectivity index (χ0) is 14.5. The number of hydrogen-bond acceptors (Lipinski definition) is 6. The normalized spacial score (nSPS) is 9.80. The van der Waals surface area contributed by atoms with Crippen LogP contribution >= 0.6 is 15.9 Å². The minimum absolute atomic E-state index is 0.00641. The Labute approximate surface area is 122 Å². The van der Waals surface area contributed by atoms with Crippen LogP contribution in [0.1, 0.15) is 5.56 Å². The van der Waals surface area contributed by atoms with Crippen molar-refractivity contribution in [2.45, 2.75) is 6.42 Å². The van der Waals surface area contributed by atoms with Gasteiger partial charge < -0.3 is 4.74 Å². The second-order valence-electron chi connectivity index (χ2n) is 3.67. The first-order chi connectivity index (χ1) is 9.60. The first kappa shape index (κ1) is 13.9. The Morgan fingerprint density at radius 2 is 2.10 bits per heavy atom. The predicted molar refractivity (Wildman–Crippen MR) is 72.2 cm³/mol. The first-order valence-corrected chi connectivity index (χ1v) is 6.19. The van der Waals surface area contributed by atoms with E-state index in [1.807, 2.05) is 6.07 Å². The molecule has 0 aliphatic heterocycles. The minimum atomic E-state index is -0.527. The van der Waals surface area contributed by atoms with Crippen molar-refractivity contribution < 1.29 is 9.66 Å². The Bertz CT molecular complexity index is 682. The van der Waals surface area contributed by atoms with Crippen LogP contribution in [0.2, 0.25) is 0 Å². The van der Waals surface area contributed by atoms with E-state index in [1.165, 1.54) is 30.6 Å². The summed E-state index contributed by atoms with van der Waals surface area (Å²) in [6.45, 7) is 0. The monoisotopic (exact) mass is 334 g/mol. The maximum atomic E-state index is 10.7. The molecule has 1 aromatic heterocycles. The topological polar surface area (TPSA) is 102 Å². The molecule has 7 nitrogen and oxygen atoms in total. The van der Waals surface area contributed by atoms with Crippen LogP contribution in [0.5, 0.6) is 11.8 Å². The Morgan fingerprint density at radius 1 is 1.40 bits per heavy atom. The largest absolute Gasteiger partial charge is 0.424 e. The molecule has 0 bridgehead atoms. The van der Waals surface area contributed by atoms with Gasteiger partial charge in [-0.05, 0) is 22.0 Å². The van der Waals surface area contributed by atoms with Crippen LogP contribution in [0.25, 0.3) is 0 Å². The summed E-state index contributed by atoms with van der Waals surface area (Å²) in [6, 6.07) is 6.06. The maximum absolute atomic E-state index is 10.7. The van der Waals surface area contributed by atoms with Crippen LogP contribution in [0.3, 0.4) is 0 Å². The van der Waals surface area contributed by atoms with Crippen LogP contribution in [-0.2, 0) is 6.42 Å². The molecule has 8 heteroatoms. The molecule has 0 amide bonds. The number of rotatable bonds is 4. The summed E-state index contributed by atoms with van der Waals surface area (Å²) >= 11 is 3.20. The van der Waals surface area contributed by atoms with E-state index in [0.717, 1.165) is 0 Å². The summed E-state index contributed by atoms with van der Waals surface area (Å²) in [5.41, 5.74) is 0.313. The summed E-state index contributed by atoms with van der Waals surface area (Å²) in [5, 5.41) is 19.5. The quantitative estimate of drug-likeness (QED) is 0.629. The fourth-order valence-corrected chi connectivity index (χ4v) is 1.66. The Hall–Kier alpha value is -2.53. The van der Waals surface area contributed by atoms with E-state index in [0.29, 0.717) is 15.8 Å². The van der Waals surface area contributed by atoms with E-state index in [2.05, 4.69) is 25.9 Å². The van der Waals surface area contributed by atoms with E-state index in [4.69, 9.17) is 10.00 Å². The summed E-state index contributed by atoms with van der Waals surface area (Å²) < 4.78 is 6.13. The zero-order valence-corrected chi connectivity index (χ0v) is 11.6. The fraction of sp³-hybridized carbons (Fsp3) is 0.0833. The molecule has 20 heavy (non-hydrogen) atoms. The molecule has 0 atom stereocenters. The van der Waals surface area contributed by atoms with Crippen LogP contribution in [0.4, 0.5) is 5.69 Å². The SMILES string of the molecule is N#CCc1cc([N+](=O)[O-])ccc1Oc1ncc(Br)cn1. The lowest BCUT2D eigenvalue weighted by Crippen LogP contribution is -1.97. The predicted octanol–water partition coefficient (Wildman–Crippen LogP) is 3.01. The second-order valence-corrected chi connectivity index (χ2v) is 4.59. The second kappa shape index (κ2) is 6.08. The molecule has 2 rings (SSSR count). The number of nitrogens with zero attached hydrogens (tertiary/aromatic N) is 4. The molecule has 0 N–H and O–H groups in total. The van der Waals surface area contributed by atoms with Gasteiger partial charge in [-0.15, -0.1) is 0 Å². The number of nitriles is 1. The third-order valence-electron chi connectivity index (χ3n) is 2.32. The summed E-state index contributed by atoms with van der Waals surface area (Å²) in [5.74, 6) is 0.319. The number of benzene rings is 1. The molecule has 1 heterocycles. The van der Waals surface area contributed by atoms with Crippen LogP contribution in [-0.4, -0.2) is 14.9 Å². The third-order valence-corrected chi connectivity index (χ3v) is 2.73. The fourth-order valence-electron chi connectivity index (χ4n) is 1.45. The van der Waals surface area contributed by atoms with Crippen molar-refractivity contribution >= 4 is 21.6 Å². The zero-order valence-electron chi connectivity index (χ0n) is 9.99. The lowest BCUT2D eigenvalue weighted by atomic mass is 10.1.